The third-order valence-corrected chi connectivity index (χ3v) is 5.41. The summed E-state index contributed by atoms with van der Waals surface area (Å²) in [6.45, 7) is 3.62. The van der Waals surface area contributed by atoms with E-state index in [9.17, 15) is 8.42 Å². The molecule has 0 radical (unpaired) electrons. The minimum atomic E-state index is -4.08. The lowest BCUT2D eigenvalue weighted by Gasteiger charge is -2.23. The average molecular weight is 421 g/mol. The first-order chi connectivity index (χ1) is 12.6. The van der Waals surface area contributed by atoms with Gasteiger partial charge in [-0.1, -0.05) is 69.9 Å². The van der Waals surface area contributed by atoms with Crippen molar-refractivity contribution >= 4 is 21.7 Å². The SMILES string of the molecule is CCCCCCCCCCCC[N+](C)(C)C.O=S(=O)(O)c1ccc(Cl)cc1. The molecule has 0 saturated heterocycles. The minimum Gasteiger partial charge on any atom is -0.331 e. The molecule has 1 rings (SSSR count). The smallest absolute Gasteiger partial charge is 0.294 e. The maximum Gasteiger partial charge on any atom is 0.294 e. The number of quaternary nitrogens is 1. The summed E-state index contributed by atoms with van der Waals surface area (Å²) in [7, 11) is 2.78. The zero-order valence-corrected chi connectivity index (χ0v) is 19.2. The van der Waals surface area contributed by atoms with Crippen molar-refractivity contribution in [2.75, 3.05) is 27.7 Å². The highest BCUT2D eigenvalue weighted by atomic mass is 35.5. The topological polar surface area (TPSA) is 54.4 Å². The zero-order valence-electron chi connectivity index (χ0n) is 17.6. The molecule has 27 heavy (non-hydrogen) atoms. The lowest BCUT2D eigenvalue weighted by atomic mass is 10.1. The van der Waals surface area contributed by atoms with Gasteiger partial charge >= 0.3 is 0 Å². The van der Waals surface area contributed by atoms with Crippen molar-refractivity contribution in [1.82, 2.24) is 0 Å². The molecule has 0 atom stereocenters. The van der Waals surface area contributed by atoms with E-state index < -0.39 is 10.1 Å². The van der Waals surface area contributed by atoms with Crippen LogP contribution in [0.3, 0.4) is 0 Å². The van der Waals surface area contributed by atoms with E-state index in [0.717, 1.165) is 4.48 Å². The maximum absolute atomic E-state index is 10.5. The van der Waals surface area contributed by atoms with Crippen molar-refractivity contribution in [3.8, 4) is 0 Å². The summed E-state index contributed by atoms with van der Waals surface area (Å²) in [6.07, 6.45) is 14.4. The van der Waals surface area contributed by atoms with Gasteiger partial charge in [0.2, 0.25) is 0 Å². The van der Waals surface area contributed by atoms with Gasteiger partial charge in [-0.05, 0) is 37.1 Å². The summed E-state index contributed by atoms with van der Waals surface area (Å²) in [5.74, 6) is 0. The van der Waals surface area contributed by atoms with E-state index in [2.05, 4.69) is 28.1 Å². The predicted octanol–water partition coefficient (Wildman–Crippen LogP) is 6.20. The van der Waals surface area contributed by atoms with Gasteiger partial charge in [0, 0.05) is 5.02 Å². The molecular weight excluding hydrogens is 382 g/mol. The molecule has 1 aromatic carbocycles. The highest BCUT2D eigenvalue weighted by Gasteiger charge is 2.07. The molecule has 0 aliphatic rings. The molecule has 6 heteroatoms. The van der Waals surface area contributed by atoms with Crippen LogP contribution in [-0.4, -0.2) is 45.1 Å². The van der Waals surface area contributed by atoms with Crippen molar-refractivity contribution in [3.05, 3.63) is 29.3 Å². The van der Waals surface area contributed by atoms with Gasteiger partial charge in [-0.25, -0.2) is 0 Å². The van der Waals surface area contributed by atoms with Gasteiger partial charge in [-0.2, -0.15) is 8.42 Å². The molecule has 0 saturated carbocycles. The van der Waals surface area contributed by atoms with E-state index in [0.29, 0.717) is 5.02 Å². The van der Waals surface area contributed by atoms with E-state index in [-0.39, 0.29) is 4.90 Å². The summed E-state index contributed by atoms with van der Waals surface area (Å²) in [4.78, 5) is -0.151. The summed E-state index contributed by atoms with van der Waals surface area (Å²) in [5.41, 5.74) is 0. The second-order valence-corrected chi connectivity index (χ2v) is 9.98. The molecule has 1 aromatic rings. The lowest BCUT2D eigenvalue weighted by Crippen LogP contribution is -2.35. The molecule has 0 bridgehead atoms. The van der Waals surface area contributed by atoms with Crippen LogP contribution >= 0.6 is 11.6 Å². The highest BCUT2D eigenvalue weighted by Crippen LogP contribution is 2.13. The van der Waals surface area contributed by atoms with Crippen LogP contribution in [0, 0.1) is 0 Å². The highest BCUT2D eigenvalue weighted by molar-refractivity contribution is 7.85. The van der Waals surface area contributed by atoms with Crippen LogP contribution in [0.5, 0.6) is 0 Å². The molecule has 0 aliphatic carbocycles. The van der Waals surface area contributed by atoms with Gasteiger partial charge in [-0.15, -0.1) is 0 Å². The van der Waals surface area contributed by atoms with Crippen LogP contribution in [0.25, 0.3) is 0 Å². The molecule has 1 N–H and O–H groups in total. The Kier molecular flexibility index (Phi) is 14.1. The Balaban J connectivity index is 0.000000533. The predicted molar refractivity (Wildman–Crippen MR) is 116 cm³/mol. The summed E-state index contributed by atoms with van der Waals surface area (Å²) < 4.78 is 30.5. The number of halogens is 1. The van der Waals surface area contributed by atoms with Crippen LogP contribution < -0.4 is 0 Å². The second-order valence-electron chi connectivity index (χ2n) is 8.12. The van der Waals surface area contributed by atoms with Gasteiger partial charge in [0.25, 0.3) is 10.1 Å². The average Bonchev–Trinajstić information content (AvgIpc) is 2.56. The summed E-state index contributed by atoms with van der Waals surface area (Å²) in [5, 5.41) is 0.428. The van der Waals surface area contributed by atoms with E-state index in [1.54, 1.807) is 0 Å². The molecule has 0 heterocycles. The summed E-state index contributed by atoms with van der Waals surface area (Å²) in [6, 6.07) is 5.25. The first kappa shape index (κ1) is 26.4. The molecule has 0 unspecified atom stereocenters. The Hall–Kier alpha value is -0.620. The molecule has 0 aliphatic heterocycles. The monoisotopic (exact) mass is 420 g/mol. The third-order valence-electron chi connectivity index (χ3n) is 4.29. The molecule has 0 aromatic heterocycles. The van der Waals surface area contributed by atoms with Crippen LogP contribution in [0.15, 0.2) is 29.2 Å². The fraction of sp³-hybridized carbons (Fsp3) is 0.714. The number of rotatable bonds is 12. The van der Waals surface area contributed by atoms with Crippen molar-refractivity contribution < 1.29 is 17.5 Å². The Morgan fingerprint density at radius 3 is 1.59 bits per heavy atom. The maximum atomic E-state index is 10.5. The van der Waals surface area contributed by atoms with Gasteiger partial charge in [0.05, 0.1) is 32.6 Å². The van der Waals surface area contributed by atoms with Gasteiger partial charge in [0.15, 0.2) is 0 Å². The van der Waals surface area contributed by atoms with Crippen molar-refractivity contribution in [3.63, 3.8) is 0 Å². The van der Waals surface area contributed by atoms with Gasteiger partial charge < -0.3 is 4.48 Å². The molecule has 0 fully saturated rings. The summed E-state index contributed by atoms with van der Waals surface area (Å²) >= 11 is 5.49. The number of nitrogens with zero attached hydrogens (tertiary/aromatic N) is 1. The fourth-order valence-corrected chi connectivity index (χ4v) is 3.29. The number of unbranched alkanes of at least 4 members (excludes halogenated alkanes) is 9. The van der Waals surface area contributed by atoms with E-state index in [1.807, 2.05) is 0 Å². The normalized spacial score (nSPS) is 11.8. The molecular formula is C21H39ClNO3S+. The van der Waals surface area contributed by atoms with Gasteiger partial charge in [-0.3, -0.25) is 4.55 Å². The molecule has 0 amide bonds. The van der Waals surface area contributed by atoms with Crippen LogP contribution in [0.1, 0.15) is 71.1 Å². The standard InChI is InChI=1S/C15H34N.C6H5ClO3S/c1-5-6-7-8-9-10-11-12-13-14-15-16(2,3)4;7-5-1-3-6(4-2-5)11(8,9)10/h5-15H2,1-4H3;1-4H,(H,8,9,10)/q+1;. The van der Waals surface area contributed by atoms with Crippen LogP contribution in [-0.2, 0) is 10.1 Å². The molecule has 0 spiro atoms. The Morgan fingerprint density at radius 1 is 0.815 bits per heavy atom. The Bertz CT molecular complexity index is 580. The third kappa shape index (κ3) is 17.2. The zero-order chi connectivity index (χ0) is 20.8. The largest absolute Gasteiger partial charge is 0.331 e. The lowest BCUT2D eigenvalue weighted by molar-refractivity contribution is -0.870. The number of hydrogen-bond acceptors (Lipinski definition) is 2. The first-order valence-corrected chi connectivity index (χ1v) is 11.9. The van der Waals surface area contributed by atoms with E-state index in [1.165, 1.54) is 95.0 Å². The quantitative estimate of drug-likeness (QED) is 0.249. The van der Waals surface area contributed by atoms with Crippen molar-refractivity contribution in [2.24, 2.45) is 0 Å². The van der Waals surface area contributed by atoms with Crippen LogP contribution in [0.4, 0.5) is 0 Å². The van der Waals surface area contributed by atoms with Crippen molar-refractivity contribution in [2.45, 2.75) is 76.0 Å². The minimum absolute atomic E-state index is 0.151. The number of benzene rings is 1. The van der Waals surface area contributed by atoms with E-state index >= 15 is 0 Å². The first-order valence-electron chi connectivity index (χ1n) is 10.1. The fourth-order valence-electron chi connectivity index (χ4n) is 2.68. The van der Waals surface area contributed by atoms with Crippen molar-refractivity contribution in [1.29, 1.82) is 0 Å². The Labute approximate surface area is 172 Å². The van der Waals surface area contributed by atoms with Crippen LogP contribution in [0.2, 0.25) is 5.02 Å². The molecule has 158 valence electrons. The Morgan fingerprint density at radius 2 is 1.22 bits per heavy atom. The van der Waals surface area contributed by atoms with E-state index in [4.69, 9.17) is 16.2 Å². The number of hydrogen-bond donors (Lipinski definition) is 1. The van der Waals surface area contributed by atoms with Gasteiger partial charge in [0.1, 0.15) is 0 Å². The molecule has 4 nitrogen and oxygen atoms in total. The second kappa shape index (κ2) is 14.4.